The molecule has 0 amide bonds. The summed E-state index contributed by atoms with van der Waals surface area (Å²) in [5.74, 6) is 0. The molecule has 0 spiro atoms. The zero-order valence-corrected chi connectivity index (χ0v) is 14.9. The fourth-order valence-electron chi connectivity index (χ4n) is 3.11. The van der Waals surface area contributed by atoms with Crippen LogP contribution in [0.2, 0.25) is 0 Å². The lowest BCUT2D eigenvalue weighted by Crippen LogP contribution is -2.23. The van der Waals surface area contributed by atoms with Gasteiger partial charge in [0.25, 0.3) is 0 Å². The van der Waals surface area contributed by atoms with Gasteiger partial charge >= 0.3 is 0 Å². The van der Waals surface area contributed by atoms with Crippen LogP contribution in [0.5, 0.6) is 0 Å². The van der Waals surface area contributed by atoms with E-state index in [0.29, 0.717) is 12.1 Å². The largest absolute Gasteiger partial charge is 0.378 e. The molecule has 1 N–H and O–H groups in total. The Morgan fingerprint density at radius 1 is 1.43 bits per heavy atom. The molecular formula is C18H28BrNO. The molecule has 2 nitrogen and oxygen atoms in total. The first kappa shape index (κ1) is 17.0. The molecule has 118 valence electrons. The Morgan fingerprint density at radius 2 is 2.29 bits per heavy atom. The van der Waals surface area contributed by atoms with Gasteiger partial charge < -0.3 is 10.1 Å². The maximum absolute atomic E-state index is 5.74. The molecular weight excluding hydrogens is 326 g/mol. The Morgan fingerprint density at radius 3 is 3.00 bits per heavy atom. The molecule has 2 unspecified atom stereocenters. The van der Waals surface area contributed by atoms with Crippen molar-refractivity contribution in [2.45, 2.75) is 64.5 Å². The molecule has 0 bridgehead atoms. The van der Waals surface area contributed by atoms with Gasteiger partial charge in [0, 0.05) is 17.1 Å². The van der Waals surface area contributed by atoms with Crippen LogP contribution < -0.4 is 5.32 Å². The van der Waals surface area contributed by atoms with Gasteiger partial charge in [0.1, 0.15) is 0 Å². The number of rotatable bonds is 8. The van der Waals surface area contributed by atoms with Crippen molar-refractivity contribution < 1.29 is 4.74 Å². The monoisotopic (exact) mass is 353 g/mol. The molecule has 1 heterocycles. The smallest absolute Gasteiger partial charge is 0.0576 e. The highest BCUT2D eigenvalue weighted by atomic mass is 79.9. The molecule has 2 rings (SSSR count). The molecule has 1 saturated heterocycles. The van der Waals surface area contributed by atoms with E-state index in [2.05, 4.69) is 53.3 Å². The van der Waals surface area contributed by atoms with Crippen LogP contribution in [0.15, 0.2) is 22.7 Å². The maximum Gasteiger partial charge on any atom is 0.0576 e. The lowest BCUT2D eigenvalue weighted by Gasteiger charge is -2.22. The number of nitrogens with one attached hydrogen (secondary N) is 1. The molecule has 1 aliphatic rings. The SMILES string of the molecule is CCCNC(CCCC1CCCO1)c1cccc(Br)c1C. The van der Waals surface area contributed by atoms with Crippen LogP contribution in [-0.2, 0) is 4.74 Å². The molecule has 0 aliphatic carbocycles. The molecule has 3 heteroatoms. The van der Waals surface area contributed by atoms with E-state index in [1.807, 2.05) is 0 Å². The topological polar surface area (TPSA) is 21.3 Å². The van der Waals surface area contributed by atoms with Gasteiger partial charge in [0.2, 0.25) is 0 Å². The van der Waals surface area contributed by atoms with Crippen LogP contribution in [0.4, 0.5) is 0 Å². The first-order valence-electron chi connectivity index (χ1n) is 8.32. The predicted molar refractivity (Wildman–Crippen MR) is 92.7 cm³/mol. The Kier molecular flexibility index (Phi) is 7.21. The second kappa shape index (κ2) is 8.92. The fourth-order valence-corrected chi connectivity index (χ4v) is 3.49. The van der Waals surface area contributed by atoms with Crippen molar-refractivity contribution >= 4 is 15.9 Å². The van der Waals surface area contributed by atoms with Crippen molar-refractivity contribution in [2.75, 3.05) is 13.2 Å². The standard InChI is InChI=1S/C18H28BrNO/c1-3-12-20-18(11-4-7-15-8-6-13-21-15)16-9-5-10-17(19)14(16)2/h5,9-10,15,18,20H,3-4,6-8,11-13H2,1-2H3. The summed E-state index contributed by atoms with van der Waals surface area (Å²) in [6.07, 6.45) is 7.82. The Labute approximate surface area is 137 Å². The van der Waals surface area contributed by atoms with Crippen molar-refractivity contribution in [2.24, 2.45) is 0 Å². The molecule has 0 saturated carbocycles. The molecule has 0 radical (unpaired) electrons. The third kappa shape index (κ3) is 5.08. The van der Waals surface area contributed by atoms with Gasteiger partial charge in [-0.3, -0.25) is 0 Å². The van der Waals surface area contributed by atoms with Crippen LogP contribution >= 0.6 is 15.9 Å². The number of ether oxygens (including phenoxy) is 1. The second-order valence-corrected chi connectivity index (χ2v) is 6.88. The van der Waals surface area contributed by atoms with E-state index < -0.39 is 0 Å². The molecule has 0 aromatic heterocycles. The van der Waals surface area contributed by atoms with Crippen molar-refractivity contribution in [1.82, 2.24) is 5.32 Å². The number of benzene rings is 1. The third-order valence-electron chi connectivity index (χ3n) is 4.37. The number of hydrogen-bond donors (Lipinski definition) is 1. The minimum Gasteiger partial charge on any atom is -0.378 e. The Hall–Kier alpha value is -0.380. The molecule has 1 fully saturated rings. The molecule has 1 aliphatic heterocycles. The maximum atomic E-state index is 5.74. The highest BCUT2D eigenvalue weighted by Gasteiger charge is 2.18. The third-order valence-corrected chi connectivity index (χ3v) is 5.23. The lowest BCUT2D eigenvalue weighted by atomic mass is 9.95. The van der Waals surface area contributed by atoms with E-state index in [-0.39, 0.29) is 0 Å². The minimum atomic E-state index is 0.462. The van der Waals surface area contributed by atoms with Gasteiger partial charge in [-0.05, 0) is 69.2 Å². The van der Waals surface area contributed by atoms with E-state index in [1.54, 1.807) is 0 Å². The first-order valence-corrected chi connectivity index (χ1v) is 9.11. The van der Waals surface area contributed by atoms with E-state index in [4.69, 9.17) is 4.74 Å². The van der Waals surface area contributed by atoms with Gasteiger partial charge in [-0.2, -0.15) is 0 Å². The summed E-state index contributed by atoms with van der Waals surface area (Å²) in [5, 5.41) is 3.72. The van der Waals surface area contributed by atoms with E-state index >= 15 is 0 Å². The summed E-state index contributed by atoms with van der Waals surface area (Å²) in [4.78, 5) is 0. The lowest BCUT2D eigenvalue weighted by molar-refractivity contribution is 0.101. The summed E-state index contributed by atoms with van der Waals surface area (Å²) >= 11 is 3.66. The van der Waals surface area contributed by atoms with Gasteiger partial charge in [0.05, 0.1) is 6.10 Å². The molecule has 21 heavy (non-hydrogen) atoms. The van der Waals surface area contributed by atoms with Crippen LogP contribution in [-0.4, -0.2) is 19.3 Å². The van der Waals surface area contributed by atoms with Crippen molar-refractivity contribution in [3.63, 3.8) is 0 Å². The molecule has 1 aromatic rings. The van der Waals surface area contributed by atoms with E-state index in [0.717, 1.165) is 13.2 Å². The minimum absolute atomic E-state index is 0.462. The summed E-state index contributed by atoms with van der Waals surface area (Å²) in [6.45, 7) is 6.48. The average molecular weight is 354 g/mol. The summed E-state index contributed by atoms with van der Waals surface area (Å²) in [7, 11) is 0. The van der Waals surface area contributed by atoms with E-state index in [1.165, 1.54) is 54.1 Å². The van der Waals surface area contributed by atoms with Crippen LogP contribution in [0.3, 0.4) is 0 Å². The van der Waals surface area contributed by atoms with E-state index in [9.17, 15) is 0 Å². The molecule has 1 aromatic carbocycles. The van der Waals surface area contributed by atoms with Crippen molar-refractivity contribution in [1.29, 1.82) is 0 Å². The van der Waals surface area contributed by atoms with Gasteiger partial charge in [0.15, 0.2) is 0 Å². The highest BCUT2D eigenvalue weighted by Crippen LogP contribution is 2.28. The fraction of sp³-hybridized carbons (Fsp3) is 0.667. The van der Waals surface area contributed by atoms with Crippen molar-refractivity contribution in [3.05, 3.63) is 33.8 Å². The van der Waals surface area contributed by atoms with Gasteiger partial charge in [-0.15, -0.1) is 0 Å². The van der Waals surface area contributed by atoms with Crippen LogP contribution in [0.1, 0.15) is 62.6 Å². The predicted octanol–water partition coefficient (Wildman–Crippen LogP) is 5.15. The zero-order chi connectivity index (χ0) is 15.1. The van der Waals surface area contributed by atoms with Crippen LogP contribution in [0.25, 0.3) is 0 Å². The summed E-state index contributed by atoms with van der Waals surface area (Å²) < 4.78 is 6.95. The quantitative estimate of drug-likeness (QED) is 0.697. The first-order chi connectivity index (χ1) is 10.2. The van der Waals surface area contributed by atoms with Gasteiger partial charge in [-0.25, -0.2) is 0 Å². The Bertz CT molecular complexity index is 429. The molecule has 2 atom stereocenters. The van der Waals surface area contributed by atoms with Crippen LogP contribution in [0, 0.1) is 6.92 Å². The number of halogens is 1. The van der Waals surface area contributed by atoms with Gasteiger partial charge in [-0.1, -0.05) is 35.0 Å². The summed E-state index contributed by atoms with van der Waals surface area (Å²) in [5.41, 5.74) is 2.80. The second-order valence-electron chi connectivity index (χ2n) is 6.03. The highest BCUT2D eigenvalue weighted by molar-refractivity contribution is 9.10. The summed E-state index contributed by atoms with van der Waals surface area (Å²) in [6, 6.07) is 7.00. The zero-order valence-electron chi connectivity index (χ0n) is 13.3. The Balaban J connectivity index is 1.94. The number of hydrogen-bond acceptors (Lipinski definition) is 2. The average Bonchev–Trinajstić information content (AvgIpc) is 2.99. The van der Waals surface area contributed by atoms with Crippen molar-refractivity contribution in [3.8, 4) is 0 Å². The normalized spacial score (nSPS) is 19.9.